The third kappa shape index (κ3) is 46.0. The van der Waals surface area contributed by atoms with E-state index >= 15 is 0 Å². The summed E-state index contributed by atoms with van der Waals surface area (Å²) < 4.78 is 32.6. The molecule has 10 nitrogen and oxygen atoms in total. The molecule has 0 aromatic rings. The number of carbonyl (C=O) groups is 2. The van der Waals surface area contributed by atoms with Crippen LogP contribution in [0.1, 0.15) is 213 Å². The van der Waals surface area contributed by atoms with Gasteiger partial charge in [-0.05, 0) is 51.4 Å². The fraction of sp³-hybridized carbons (Fsp3) is 0.736. The summed E-state index contributed by atoms with van der Waals surface area (Å²) in [5.74, 6) is -1.10. The zero-order valence-corrected chi connectivity index (χ0v) is 41.4. The quantitative estimate of drug-likeness (QED) is 0.0233. The Morgan fingerprint density at radius 3 is 1.06 bits per heavy atom. The number of carbonyl (C=O) groups excluding carboxylic acids is 2. The number of ether oxygens (including phenoxy) is 2. The van der Waals surface area contributed by atoms with Gasteiger partial charge in [-0.2, -0.15) is 0 Å². The molecular weight excluding hydrogens is 828 g/mol. The average molecular weight is 921 g/mol. The first-order chi connectivity index (χ1) is 31.3. The second kappa shape index (κ2) is 48.3. The molecule has 0 aliphatic carbocycles. The molecular formula is C53H93O10P. The normalized spacial score (nSPS) is 14.3. The van der Waals surface area contributed by atoms with E-state index in [0.29, 0.717) is 12.8 Å². The van der Waals surface area contributed by atoms with Crippen LogP contribution in [-0.4, -0.2) is 65.7 Å². The number of esters is 2. The molecule has 0 radical (unpaired) electrons. The molecule has 0 spiro atoms. The van der Waals surface area contributed by atoms with Crippen LogP contribution in [0.2, 0.25) is 0 Å². The Bertz CT molecular complexity index is 1290. The van der Waals surface area contributed by atoms with Gasteiger partial charge in [-0.1, -0.05) is 222 Å². The maximum absolute atomic E-state index is 12.4. The Hall–Kier alpha value is -2.59. The number of aliphatic hydroxyl groups excluding tert-OH is 2. The Morgan fingerprint density at radius 2 is 0.734 bits per heavy atom. The number of phosphoric acid groups is 1. The van der Waals surface area contributed by atoms with Gasteiger partial charge in [0.25, 0.3) is 0 Å². The molecule has 3 N–H and O–H groups in total. The predicted octanol–water partition coefficient (Wildman–Crippen LogP) is 14.4. The van der Waals surface area contributed by atoms with E-state index in [-0.39, 0.29) is 12.8 Å². The fourth-order valence-corrected chi connectivity index (χ4v) is 7.63. The zero-order chi connectivity index (χ0) is 46.9. The van der Waals surface area contributed by atoms with Crippen molar-refractivity contribution in [1.29, 1.82) is 0 Å². The average Bonchev–Trinajstić information content (AvgIpc) is 3.29. The fourth-order valence-electron chi connectivity index (χ4n) is 6.85. The highest BCUT2D eigenvalue weighted by Crippen LogP contribution is 2.43. The van der Waals surface area contributed by atoms with Gasteiger partial charge in [-0.15, -0.1) is 0 Å². The summed E-state index contributed by atoms with van der Waals surface area (Å²) in [7, 11) is -4.66. The Kier molecular flexibility index (Phi) is 46.4. The SMILES string of the molecule is CC/C=C\C/C=C\C/C=C\C/C=C\C/C=C\C/C=C\CCC(=O)OC(CO)COP(=O)(O)OCC(CO)OC(=O)CCCCCCCCCCCCCCCCCCCCCCCC. The van der Waals surface area contributed by atoms with Crippen LogP contribution < -0.4 is 0 Å². The van der Waals surface area contributed by atoms with Crippen molar-refractivity contribution in [3.63, 3.8) is 0 Å². The smallest absolute Gasteiger partial charge is 0.457 e. The van der Waals surface area contributed by atoms with Crippen LogP contribution in [-0.2, 0) is 32.7 Å². The van der Waals surface area contributed by atoms with Gasteiger partial charge >= 0.3 is 19.8 Å². The summed E-state index contributed by atoms with van der Waals surface area (Å²) in [6, 6.07) is 0. The minimum atomic E-state index is -4.66. The Morgan fingerprint density at radius 1 is 0.438 bits per heavy atom. The van der Waals surface area contributed by atoms with E-state index < -0.39 is 58.4 Å². The van der Waals surface area contributed by atoms with Gasteiger partial charge in [0.05, 0.1) is 26.4 Å². The number of hydrogen-bond donors (Lipinski definition) is 3. The van der Waals surface area contributed by atoms with Crippen molar-refractivity contribution >= 4 is 19.8 Å². The first kappa shape index (κ1) is 61.4. The van der Waals surface area contributed by atoms with E-state index in [1.54, 1.807) is 0 Å². The number of hydrogen-bond acceptors (Lipinski definition) is 9. The maximum atomic E-state index is 12.4. The van der Waals surface area contributed by atoms with Crippen molar-refractivity contribution < 1.29 is 47.8 Å². The van der Waals surface area contributed by atoms with E-state index in [9.17, 15) is 29.3 Å². The van der Waals surface area contributed by atoms with Crippen LogP contribution >= 0.6 is 7.82 Å². The zero-order valence-electron chi connectivity index (χ0n) is 40.5. The van der Waals surface area contributed by atoms with Crippen molar-refractivity contribution in [2.24, 2.45) is 0 Å². The Labute approximate surface area is 390 Å². The minimum Gasteiger partial charge on any atom is -0.457 e. The molecule has 0 aromatic carbocycles. The predicted molar refractivity (Wildman–Crippen MR) is 265 cm³/mol. The van der Waals surface area contributed by atoms with Gasteiger partial charge < -0.3 is 24.6 Å². The number of aliphatic hydroxyl groups is 2. The van der Waals surface area contributed by atoms with Gasteiger partial charge in [0.1, 0.15) is 12.2 Å². The molecule has 0 bridgehead atoms. The molecule has 0 fully saturated rings. The van der Waals surface area contributed by atoms with E-state index in [2.05, 4.69) is 74.6 Å². The molecule has 370 valence electrons. The summed E-state index contributed by atoms with van der Waals surface area (Å²) >= 11 is 0. The highest BCUT2D eigenvalue weighted by molar-refractivity contribution is 7.47. The molecule has 0 aliphatic heterocycles. The van der Waals surface area contributed by atoms with E-state index in [1.165, 1.54) is 116 Å². The van der Waals surface area contributed by atoms with Crippen LogP contribution in [0.15, 0.2) is 72.9 Å². The summed E-state index contributed by atoms with van der Waals surface area (Å²) in [6.45, 7) is 2.04. The third-order valence-corrected chi connectivity index (χ3v) is 11.6. The van der Waals surface area contributed by atoms with Crippen LogP contribution in [0.25, 0.3) is 0 Å². The topological polar surface area (TPSA) is 149 Å². The number of unbranched alkanes of at least 4 members (excludes halogenated alkanes) is 21. The molecule has 0 rings (SSSR count). The van der Waals surface area contributed by atoms with Gasteiger partial charge in [0.2, 0.25) is 0 Å². The molecule has 0 saturated carbocycles. The molecule has 0 aliphatic rings. The molecule has 64 heavy (non-hydrogen) atoms. The van der Waals surface area contributed by atoms with Crippen molar-refractivity contribution in [3.8, 4) is 0 Å². The lowest BCUT2D eigenvalue weighted by Crippen LogP contribution is -2.28. The molecule has 0 amide bonds. The van der Waals surface area contributed by atoms with Gasteiger partial charge in [-0.25, -0.2) is 4.57 Å². The van der Waals surface area contributed by atoms with Crippen LogP contribution in [0.4, 0.5) is 0 Å². The number of phosphoric ester groups is 1. The van der Waals surface area contributed by atoms with Crippen molar-refractivity contribution in [2.75, 3.05) is 26.4 Å². The molecule has 11 heteroatoms. The standard InChI is InChI=1S/C53H93O10P/c1-3-5-7-9-11-13-15-17-19-21-23-24-25-27-29-31-33-35-37-39-41-43-45-53(57)63-51(47-55)49-61-64(58,59)60-48-50(46-54)62-52(56)44-42-40-38-36-34-32-30-28-26-22-20-18-16-14-12-10-8-6-4-2/h6,8,12,14,18,20,26,28,32,34,38,40,50-51,54-55H,3-5,7,9-11,13,15-17,19,21-25,27,29-31,33,35-37,39,41-49H2,1-2H3,(H,58,59)/b8-6-,14-12-,20-18-,28-26-,34-32-,40-38-. The highest BCUT2D eigenvalue weighted by atomic mass is 31.2. The lowest BCUT2D eigenvalue weighted by Gasteiger charge is -2.20. The second-order valence-corrected chi connectivity index (χ2v) is 18.2. The molecule has 0 heterocycles. The monoisotopic (exact) mass is 921 g/mol. The van der Waals surface area contributed by atoms with Crippen molar-refractivity contribution in [1.82, 2.24) is 0 Å². The van der Waals surface area contributed by atoms with Crippen molar-refractivity contribution in [3.05, 3.63) is 72.9 Å². The van der Waals surface area contributed by atoms with Crippen LogP contribution in [0.5, 0.6) is 0 Å². The lowest BCUT2D eigenvalue weighted by molar-refractivity contribution is -0.153. The summed E-state index contributed by atoms with van der Waals surface area (Å²) in [6.07, 6.45) is 57.5. The highest BCUT2D eigenvalue weighted by Gasteiger charge is 2.27. The van der Waals surface area contributed by atoms with Crippen LogP contribution in [0, 0.1) is 0 Å². The van der Waals surface area contributed by atoms with E-state index in [1.807, 2.05) is 12.2 Å². The molecule has 3 unspecified atom stereocenters. The maximum Gasteiger partial charge on any atom is 0.472 e. The van der Waals surface area contributed by atoms with Gasteiger partial charge in [-0.3, -0.25) is 18.6 Å². The minimum absolute atomic E-state index is 0.0646. The van der Waals surface area contributed by atoms with Crippen molar-refractivity contribution in [2.45, 2.75) is 225 Å². The van der Waals surface area contributed by atoms with Gasteiger partial charge in [0, 0.05) is 12.8 Å². The van der Waals surface area contributed by atoms with Crippen LogP contribution in [0.3, 0.4) is 0 Å². The first-order valence-corrected chi connectivity index (χ1v) is 26.9. The number of allylic oxidation sites excluding steroid dienone is 12. The molecule has 3 atom stereocenters. The summed E-state index contributed by atoms with van der Waals surface area (Å²) in [4.78, 5) is 34.6. The number of rotatable bonds is 47. The van der Waals surface area contributed by atoms with E-state index in [0.717, 1.165) is 57.8 Å². The van der Waals surface area contributed by atoms with E-state index in [4.69, 9.17) is 18.5 Å². The Balaban J connectivity index is 3.91. The largest absolute Gasteiger partial charge is 0.472 e. The molecule has 0 saturated heterocycles. The third-order valence-electron chi connectivity index (χ3n) is 10.7. The lowest BCUT2D eigenvalue weighted by atomic mass is 10.0. The summed E-state index contributed by atoms with van der Waals surface area (Å²) in [5, 5.41) is 19.2. The first-order valence-electron chi connectivity index (χ1n) is 25.4. The molecule has 0 aromatic heterocycles. The second-order valence-electron chi connectivity index (χ2n) is 16.8. The summed E-state index contributed by atoms with van der Waals surface area (Å²) in [5.41, 5.74) is 0. The van der Waals surface area contributed by atoms with Gasteiger partial charge in [0.15, 0.2) is 0 Å².